The predicted molar refractivity (Wildman–Crippen MR) is 75.7 cm³/mol. The Labute approximate surface area is 110 Å². The monoisotopic (exact) mass is 288 g/mol. The van der Waals surface area contributed by atoms with Crippen molar-refractivity contribution in [3.05, 3.63) is 48.0 Å². The third-order valence-corrected chi connectivity index (χ3v) is 7.02. The van der Waals surface area contributed by atoms with Crippen molar-refractivity contribution in [1.29, 1.82) is 0 Å². The highest BCUT2D eigenvalue weighted by Crippen LogP contribution is 2.38. The summed E-state index contributed by atoms with van der Waals surface area (Å²) < 4.78 is 0. The summed E-state index contributed by atoms with van der Waals surface area (Å²) in [7, 11) is 0. The van der Waals surface area contributed by atoms with Gasteiger partial charge in [0, 0.05) is 5.54 Å². The highest BCUT2D eigenvalue weighted by Gasteiger charge is 2.35. The summed E-state index contributed by atoms with van der Waals surface area (Å²) in [6.07, 6.45) is 0. The van der Waals surface area contributed by atoms with E-state index < -0.39 is 6.00 Å². The van der Waals surface area contributed by atoms with E-state index in [2.05, 4.69) is 18.2 Å². The number of halogens is 3. The maximum Gasteiger partial charge on any atom is 0.348 e. The van der Waals surface area contributed by atoms with Crippen molar-refractivity contribution in [2.75, 3.05) is 0 Å². The van der Waals surface area contributed by atoms with Gasteiger partial charge in [0.1, 0.15) is 0 Å². The van der Waals surface area contributed by atoms with Gasteiger partial charge in [-0.25, -0.2) is 0 Å². The molecule has 0 aliphatic carbocycles. The summed E-state index contributed by atoms with van der Waals surface area (Å²) in [4.78, 5) is 0. The first kappa shape index (κ1) is 12.2. The molecule has 0 aliphatic rings. The molecule has 1 unspecified atom stereocenters. The van der Waals surface area contributed by atoms with Crippen LogP contribution in [0.25, 0.3) is 10.8 Å². The predicted octanol–water partition coefficient (Wildman–Crippen LogP) is 5.14. The summed E-state index contributed by atoms with van der Waals surface area (Å²) in [5, 5.41) is 2.37. The molecule has 0 aromatic heterocycles. The van der Waals surface area contributed by atoms with Gasteiger partial charge in [-0.15, -0.1) is 33.2 Å². The van der Waals surface area contributed by atoms with E-state index in [0.717, 1.165) is 5.56 Å². The molecule has 0 nitrogen and oxygen atoms in total. The van der Waals surface area contributed by atoms with Gasteiger partial charge in [-0.2, -0.15) is 0 Å². The van der Waals surface area contributed by atoms with E-state index in [9.17, 15) is 0 Å². The molecule has 0 radical (unpaired) electrons. The molecule has 84 valence electrons. The Morgan fingerprint density at radius 2 is 1.56 bits per heavy atom. The number of hydrogen-bond donors (Lipinski definition) is 0. The zero-order chi connectivity index (χ0) is 11.8. The largest absolute Gasteiger partial charge is 0.348 e. The lowest BCUT2D eigenvalue weighted by Crippen LogP contribution is -2.20. The van der Waals surface area contributed by atoms with Crippen molar-refractivity contribution in [2.24, 2.45) is 0 Å². The van der Waals surface area contributed by atoms with Gasteiger partial charge in [-0.05, 0) is 16.3 Å². The molecule has 0 saturated carbocycles. The van der Waals surface area contributed by atoms with Crippen LogP contribution < -0.4 is 0 Å². The second-order valence-electron chi connectivity index (χ2n) is 3.83. The molecule has 0 aliphatic heterocycles. The smallest absolute Gasteiger partial charge is 0.125 e. The van der Waals surface area contributed by atoms with Crippen molar-refractivity contribution in [3.8, 4) is 0 Å². The molecule has 2 aromatic rings. The molecule has 0 N–H and O–H groups in total. The van der Waals surface area contributed by atoms with Gasteiger partial charge in [0.2, 0.25) is 0 Å². The normalized spacial score (nSPS) is 14.0. The Kier molecular flexibility index (Phi) is 3.50. The van der Waals surface area contributed by atoms with Gasteiger partial charge in [-0.3, -0.25) is 0 Å². The minimum Gasteiger partial charge on any atom is -0.125 e. The number of hydrogen-bond acceptors (Lipinski definition) is 0. The maximum atomic E-state index is 6.09. The summed E-state index contributed by atoms with van der Waals surface area (Å²) in [5.74, 6) is 0. The van der Waals surface area contributed by atoms with Crippen molar-refractivity contribution >= 4 is 50.0 Å². The third-order valence-electron chi connectivity index (χ3n) is 2.78. The van der Waals surface area contributed by atoms with E-state index in [-0.39, 0.29) is 5.54 Å². The first-order chi connectivity index (χ1) is 7.50. The summed E-state index contributed by atoms with van der Waals surface area (Å²) in [5.41, 5.74) is 1.13. The molecular formula is C12H11Cl3Si. The van der Waals surface area contributed by atoms with Crippen LogP contribution in [-0.4, -0.2) is 6.00 Å². The van der Waals surface area contributed by atoms with E-state index in [1.165, 1.54) is 10.8 Å². The van der Waals surface area contributed by atoms with Gasteiger partial charge < -0.3 is 0 Å². The van der Waals surface area contributed by atoms with Gasteiger partial charge in [-0.1, -0.05) is 49.4 Å². The first-order valence-corrected chi connectivity index (χ1v) is 10.2. The number of fused-ring (bicyclic) bond motifs is 1. The van der Waals surface area contributed by atoms with Gasteiger partial charge >= 0.3 is 6.00 Å². The van der Waals surface area contributed by atoms with Gasteiger partial charge in [0.25, 0.3) is 0 Å². The maximum absolute atomic E-state index is 6.09. The topological polar surface area (TPSA) is 0 Å². The zero-order valence-corrected chi connectivity index (χ0v) is 12.0. The number of rotatable bonds is 2. The van der Waals surface area contributed by atoms with Crippen LogP contribution >= 0.6 is 33.2 Å². The Hall–Kier alpha value is -0.213. The molecule has 1 atom stereocenters. The standard InChI is InChI=1S/C12H11Cl3Si/c1-9(16(13,14)15)11-8-4-6-10-5-2-3-7-12(10)11/h2-9H,1H3. The van der Waals surface area contributed by atoms with Crippen LogP contribution in [0.5, 0.6) is 0 Å². The van der Waals surface area contributed by atoms with E-state index in [4.69, 9.17) is 33.2 Å². The Balaban J connectivity index is 2.61. The van der Waals surface area contributed by atoms with Crippen molar-refractivity contribution < 1.29 is 0 Å². The number of benzene rings is 2. The highest BCUT2D eigenvalue weighted by atomic mass is 35.8. The second kappa shape index (κ2) is 4.57. The van der Waals surface area contributed by atoms with Crippen molar-refractivity contribution in [3.63, 3.8) is 0 Å². The summed E-state index contributed by atoms with van der Waals surface area (Å²) >= 11 is 18.3. The molecule has 0 heterocycles. The Bertz CT molecular complexity index is 500. The molecule has 4 heteroatoms. The van der Waals surface area contributed by atoms with Crippen molar-refractivity contribution in [2.45, 2.75) is 12.5 Å². The Morgan fingerprint density at radius 3 is 2.25 bits per heavy atom. The summed E-state index contributed by atoms with van der Waals surface area (Å²) in [6, 6.07) is 11.6. The fourth-order valence-corrected chi connectivity index (χ4v) is 3.47. The quantitative estimate of drug-likeness (QED) is 0.530. The van der Waals surface area contributed by atoms with Crippen LogP contribution in [0, 0.1) is 0 Å². The van der Waals surface area contributed by atoms with Crippen LogP contribution in [0.1, 0.15) is 18.0 Å². The lowest BCUT2D eigenvalue weighted by molar-refractivity contribution is 1.08. The minimum absolute atomic E-state index is 0.00333. The van der Waals surface area contributed by atoms with Gasteiger partial charge in [0.15, 0.2) is 0 Å². The molecule has 16 heavy (non-hydrogen) atoms. The van der Waals surface area contributed by atoms with Gasteiger partial charge in [0.05, 0.1) is 0 Å². The molecule has 0 spiro atoms. The fourth-order valence-electron chi connectivity index (χ4n) is 1.80. The van der Waals surface area contributed by atoms with Crippen LogP contribution in [0.4, 0.5) is 0 Å². The highest BCUT2D eigenvalue weighted by molar-refractivity contribution is 7.65. The third kappa shape index (κ3) is 2.38. The minimum atomic E-state index is -2.70. The molecule has 0 amide bonds. The Morgan fingerprint density at radius 1 is 0.938 bits per heavy atom. The second-order valence-corrected chi connectivity index (χ2v) is 12.9. The lowest BCUT2D eigenvalue weighted by Gasteiger charge is -2.19. The molecular weight excluding hydrogens is 279 g/mol. The van der Waals surface area contributed by atoms with Crippen LogP contribution in [0.3, 0.4) is 0 Å². The SMILES string of the molecule is CC(c1cccc2ccccc12)[Si](Cl)(Cl)Cl. The fraction of sp³-hybridized carbons (Fsp3) is 0.167. The average molecular weight is 290 g/mol. The van der Waals surface area contributed by atoms with Crippen molar-refractivity contribution in [1.82, 2.24) is 0 Å². The first-order valence-electron chi connectivity index (χ1n) is 5.04. The zero-order valence-electron chi connectivity index (χ0n) is 8.75. The average Bonchev–Trinajstić information content (AvgIpc) is 2.26. The molecule has 2 rings (SSSR count). The molecule has 0 bridgehead atoms. The lowest BCUT2D eigenvalue weighted by atomic mass is 10.0. The van der Waals surface area contributed by atoms with E-state index in [1.807, 2.05) is 31.2 Å². The van der Waals surface area contributed by atoms with E-state index in [1.54, 1.807) is 0 Å². The van der Waals surface area contributed by atoms with Crippen LogP contribution in [0.2, 0.25) is 0 Å². The molecule has 2 aromatic carbocycles. The molecule has 0 fully saturated rings. The van der Waals surface area contributed by atoms with E-state index >= 15 is 0 Å². The van der Waals surface area contributed by atoms with Crippen LogP contribution in [-0.2, 0) is 0 Å². The molecule has 0 saturated heterocycles. The van der Waals surface area contributed by atoms with Crippen LogP contribution in [0.15, 0.2) is 42.5 Å². The van der Waals surface area contributed by atoms with E-state index in [0.29, 0.717) is 0 Å². The summed E-state index contributed by atoms with van der Waals surface area (Å²) in [6.45, 7) is 1.99.